The summed E-state index contributed by atoms with van der Waals surface area (Å²) in [6.07, 6.45) is 8.13. The van der Waals surface area contributed by atoms with Gasteiger partial charge in [0.25, 0.3) is 5.91 Å². The second kappa shape index (κ2) is 9.28. The maximum atomic E-state index is 12.7. The fraction of sp³-hybridized carbons (Fsp3) is 0.458. The summed E-state index contributed by atoms with van der Waals surface area (Å²) in [5.41, 5.74) is 1.68. The van der Waals surface area contributed by atoms with Gasteiger partial charge in [0.05, 0.1) is 0 Å². The Morgan fingerprint density at radius 1 is 1.17 bits per heavy atom. The molecule has 1 aromatic heterocycles. The van der Waals surface area contributed by atoms with Gasteiger partial charge < -0.3 is 15.0 Å². The number of hydrogen-bond donors (Lipinski definition) is 1. The molecule has 2 amide bonds. The lowest BCUT2D eigenvalue weighted by atomic mass is 10.1. The molecule has 6 nitrogen and oxygen atoms in total. The monoisotopic (exact) mass is 407 g/mol. The number of benzene rings is 1. The van der Waals surface area contributed by atoms with Gasteiger partial charge in [0.1, 0.15) is 11.9 Å². The van der Waals surface area contributed by atoms with Gasteiger partial charge in [-0.15, -0.1) is 0 Å². The molecule has 2 fully saturated rings. The highest BCUT2D eigenvalue weighted by Crippen LogP contribution is 2.32. The van der Waals surface area contributed by atoms with E-state index in [9.17, 15) is 9.59 Å². The van der Waals surface area contributed by atoms with Gasteiger partial charge in [-0.25, -0.2) is 0 Å². The summed E-state index contributed by atoms with van der Waals surface area (Å²) in [6.45, 7) is 3.50. The Kier molecular flexibility index (Phi) is 6.31. The Labute approximate surface area is 177 Å². The summed E-state index contributed by atoms with van der Waals surface area (Å²) in [7, 11) is 0. The van der Waals surface area contributed by atoms with E-state index in [0.717, 1.165) is 50.8 Å². The molecule has 1 aliphatic carbocycles. The van der Waals surface area contributed by atoms with E-state index in [4.69, 9.17) is 4.74 Å². The van der Waals surface area contributed by atoms with Crippen LogP contribution in [0, 0.1) is 5.92 Å². The zero-order valence-electron chi connectivity index (χ0n) is 17.4. The summed E-state index contributed by atoms with van der Waals surface area (Å²) in [5, 5.41) is 3.04. The molecule has 6 heteroatoms. The molecule has 2 aliphatic rings. The number of aromatic nitrogens is 1. The van der Waals surface area contributed by atoms with E-state index in [-0.39, 0.29) is 24.0 Å². The minimum absolute atomic E-state index is 0.000364. The van der Waals surface area contributed by atoms with Crippen LogP contribution in [0.5, 0.6) is 5.75 Å². The molecule has 1 N–H and O–H groups in total. The molecule has 0 bridgehead atoms. The molecule has 1 aromatic carbocycles. The van der Waals surface area contributed by atoms with Gasteiger partial charge >= 0.3 is 0 Å². The van der Waals surface area contributed by atoms with Crippen molar-refractivity contribution >= 4 is 11.8 Å². The largest absolute Gasteiger partial charge is 0.490 e. The Morgan fingerprint density at radius 3 is 2.67 bits per heavy atom. The van der Waals surface area contributed by atoms with Crippen LogP contribution in [0.1, 0.15) is 48.5 Å². The van der Waals surface area contributed by atoms with Gasteiger partial charge in [0.15, 0.2) is 0 Å². The first-order chi connectivity index (χ1) is 14.6. The second-order valence-electron chi connectivity index (χ2n) is 8.38. The van der Waals surface area contributed by atoms with Gasteiger partial charge in [0, 0.05) is 55.8 Å². The Balaban J connectivity index is 1.28. The first kappa shape index (κ1) is 20.4. The van der Waals surface area contributed by atoms with Crippen molar-refractivity contribution in [3.8, 4) is 5.75 Å². The quantitative estimate of drug-likeness (QED) is 0.765. The SMILES string of the molecule is C[C@@H](Cc1cccnc1)NC(=O)c1cccc(OC2CCN(C(=O)C3CC3)CC2)c1. The average Bonchev–Trinajstić information content (AvgIpc) is 3.60. The highest BCUT2D eigenvalue weighted by Gasteiger charge is 2.35. The highest BCUT2D eigenvalue weighted by atomic mass is 16.5. The van der Waals surface area contributed by atoms with Crippen LogP contribution < -0.4 is 10.1 Å². The first-order valence-electron chi connectivity index (χ1n) is 10.8. The fourth-order valence-corrected chi connectivity index (χ4v) is 3.92. The van der Waals surface area contributed by atoms with Crippen LogP contribution in [-0.2, 0) is 11.2 Å². The minimum Gasteiger partial charge on any atom is -0.490 e. The molecule has 0 unspecified atom stereocenters. The van der Waals surface area contributed by atoms with Crippen LogP contribution in [0.15, 0.2) is 48.8 Å². The van der Waals surface area contributed by atoms with Crippen LogP contribution in [0.2, 0.25) is 0 Å². The standard InChI is InChI=1S/C24H29N3O3/c1-17(14-18-4-3-11-25-16-18)26-23(28)20-5-2-6-22(15-20)30-21-9-12-27(13-10-21)24(29)19-7-8-19/h2-6,11,15-17,19,21H,7-10,12-14H2,1H3,(H,26,28)/t17-/m0/s1. The van der Waals surface area contributed by atoms with E-state index in [2.05, 4.69) is 10.3 Å². The predicted molar refractivity (Wildman–Crippen MR) is 114 cm³/mol. The van der Waals surface area contributed by atoms with Gasteiger partial charge in [0.2, 0.25) is 5.91 Å². The Bertz CT molecular complexity index is 874. The minimum atomic E-state index is -0.110. The molecule has 1 saturated carbocycles. The molecule has 158 valence electrons. The van der Waals surface area contributed by atoms with E-state index in [0.29, 0.717) is 17.2 Å². The molecule has 2 aromatic rings. The molecule has 0 spiro atoms. The van der Waals surface area contributed by atoms with Gasteiger partial charge in [-0.2, -0.15) is 0 Å². The van der Waals surface area contributed by atoms with Crippen molar-refractivity contribution in [3.05, 3.63) is 59.9 Å². The number of carbonyl (C=O) groups is 2. The van der Waals surface area contributed by atoms with Crippen molar-refractivity contribution in [2.75, 3.05) is 13.1 Å². The van der Waals surface area contributed by atoms with Gasteiger partial charge in [-0.3, -0.25) is 14.6 Å². The number of likely N-dealkylation sites (tertiary alicyclic amines) is 1. The number of hydrogen-bond acceptors (Lipinski definition) is 4. The number of pyridine rings is 1. The first-order valence-corrected chi connectivity index (χ1v) is 10.8. The number of nitrogens with zero attached hydrogens (tertiary/aromatic N) is 2. The maximum Gasteiger partial charge on any atom is 0.251 e. The second-order valence-corrected chi connectivity index (χ2v) is 8.38. The Morgan fingerprint density at radius 2 is 1.97 bits per heavy atom. The van der Waals surface area contributed by atoms with E-state index in [1.165, 1.54) is 0 Å². The van der Waals surface area contributed by atoms with E-state index in [1.807, 2.05) is 42.3 Å². The van der Waals surface area contributed by atoms with Crippen molar-refractivity contribution < 1.29 is 14.3 Å². The van der Waals surface area contributed by atoms with Crippen LogP contribution in [0.4, 0.5) is 0 Å². The molecular weight excluding hydrogens is 378 g/mol. The molecular formula is C24H29N3O3. The highest BCUT2D eigenvalue weighted by molar-refractivity contribution is 5.94. The van der Waals surface area contributed by atoms with Crippen LogP contribution >= 0.6 is 0 Å². The molecule has 2 heterocycles. The number of ether oxygens (including phenoxy) is 1. The molecule has 30 heavy (non-hydrogen) atoms. The lowest BCUT2D eigenvalue weighted by Gasteiger charge is -2.32. The third-order valence-electron chi connectivity index (χ3n) is 5.72. The fourth-order valence-electron chi connectivity index (χ4n) is 3.92. The molecule has 0 radical (unpaired) electrons. The zero-order valence-corrected chi connectivity index (χ0v) is 17.4. The summed E-state index contributed by atoms with van der Waals surface area (Å²) >= 11 is 0. The summed E-state index contributed by atoms with van der Waals surface area (Å²) < 4.78 is 6.12. The normalized spacial score (nSPS) is 18.0. The average molecular weight is 408 g/mol. The van der Waals surface area contributed by atoms with Gasteiger partial charge in [-0.05, 0) is 56.0 Å². The number of nitrogens with one attached hydrogen (secondary N) is 1. The third kappa shape index (κ3) is 5.38. The molecule has 1 saturated heterocycles. The van der Waals surface area contributed by atoms with Gasteiger partial charge in [-0.1, -0.05) is 12.1 Å². The lowest BCUT2D eigenvalue weighted by molar-refractivity contribution is -0.134. The maximum absolute atomic E-state index is 12.7. The van der Waals surface area contributed by atoms with E-state index in [1.54, 1.807) is 18.3 Å². The number of rotatable bonds is 7. The van der Waals surface area contributed by atoms with Crippen LogP contribution in [0.3, 0.4) is 0 Å². The van der Waals surface area contributed by atoms with E-state index >= 15 is 0 Å². The van der Waals surface area contributed by atoms with Crippen molar-refractivity contribution in [1.82, 2.24) is 15.2 Å². The molecule has 1 aliphatic heterocycles. The van der Waals surface area contributed by atoms with E-state index < -0.39 is 0 Å². The summed E-state index contributed by atoms with van der Waals surface area (Å²) in [4.78, 5) is 30.9. The summed E-state index contributed by atoms with van der Waals surface area (Å²) in [6, 6.07) is 11.2. The Hall–Kier alpha value is -2.89. The number of amides is 2. The van der Waals surface area contributed by atoms with Crippen molar-refractivity contribution in [2.24, 2.45) is 5.92 Å². The molecule has 1 atom stereocenters. The number of piperidine rings is 1. The zero-order chi connectivity index (χ0) is 20.9. The van der Waals surface area contributed by atoms with Crippen molar-refractivity contribution in [1.29, 1.82) is 0 Å². The summed E-state index contributed by atoms with van der Waals surface area (Å²) in [5.74, 6) is 1.18. The lowest BCUT2D eigenvalue weighted by Crippen LogP contribution is -2.42. The predicted octanol–water partition coefficient (Wildman–Crippen LogP) is 3.22. The third-order valence-corrected chi connectivity index (χ3v) is 5.72. The topological polar surface area (TPSA) is 71.5 Å². The van der Waals surface area contributed by atoms with Crippen molar-refractivity contribution in [2.45, 2.75) is 51.2 Å². The van der Waals surface area contributed by atoms with Crippen LogP contribution in [0.25, 0.3) is 0 Å². The van der Waals surface area contributed by atoms with Crippen molar-refractivity contribution in [3.63, 3.8) is 0 Å². The smallest absolute Gasteiger partial charge is 0.251 e. The molecule has 4 rings (SSSR count). The number of carbonyl (C=O) groups excluding carboxylic acids is 2. The van der Waals surface area contributed by atoms with Crippen LogP contribution in [-0.4, -0.2) is 46.9 Å².